The summed E-state index contributed by atoms with van der Waals surface area (Å²) >= 11 is 1.26. The monoisotopic (exact) mass is 406 g/mol. The Morgan fingerprint density at radius 1 is 1.17 bits per heavy atom. The van der Waals surface area contributed by atoms with Gasteiger partial charge in [-0.3, -0.25) is 9.36 Å². The zero-order valence-corrected chi connectivity index (χ0v) is 16.6. The maximum absolute atomic E-state index is 13.3. The summed E-state index contributed by atoms with van der Waals surface area (Å²) in [6.45, 7) is 1.75. The van der Waals surface area contributed by atoms with Gasteiger partial charge in [0.2, 0.25) is 0 Å². The molecule has 0 amide bonds. The Labute approximate surface area is 170 Å². The summed E-state index contributed by atoms with van der Waals surface area (Å²) in [6, 6.07) is 15.4. The van der Waals surface area contributed by atoms with Gasteiger partial charge in [-0.1, -0.05) is 53.8 Å². The number of hydrogen-bond donors (Lipinski definition) is 1. The van der Waals surface area contributed by atoms with E-state index in [0.29, 0.717) is 20.6 Å². The zero-order valence-electron chi connectivity index (χ0n) is 15.8. The van der Waals surface area contributed by atoms with Crippen LogP contribution in [0, 0.1) is 0 Å². The number of aromatic nitrogens is 1. The van der Waals surface area contributed by atoms with Crippen molar-refractivity contribution in [1.29, 1.82) is 0 Å². The van der Waals surface area contributed by atoms with Gasteiger partial charge in [0.15, 0.2) is 4.80 Å². The lowest BCUT2D eigenvalue weighted by molar-refractivity contribution is -0.136. The smallest absolute Gasteiger partial charge is 0.338 e. The van der Waals surface area contributed by atoms with E-state index >= 15 is 0 Å². The minimum Gasteiger partial charge on any atom is -0.508 e. The molecule has 7 heteroatoms. The molecule has 2 heterocycles. The molecule has 1 N–H and O–H groups in total. The number of benzene rings is 2. The minimum atomic E-state index is -0.609. The van der Waals surface area contributed by atoms with Crippen LogP contribution in [0.5, 0.6) is 5.75 Å². The number of thiazole rings is 1. The predicted molar refractivity (Wildman–Crippen MR) is 110 cm³/mol. The lowest BCUT2D eigenvalue weighted by atomic mass is 9.96. The Morgan fingerprint density at radius 2 is 1.86 bits per heavy atom. The average molecular weight is 406 g/mol. The van der Waals surface area contributed by atoms with Crippen LogP contribution in [0.1, 0.15) is 24.1 Å². The van der Waals surface area contributed by atoms with Crippen molar-refractivity contribution in [3.05, 3.63) is 96.7 Å². The number of allylic oxidation sites excluding steroid dienone is 1. The first kappa shape index (κ1) is 18.9. The summed E-state index contributed by atoms with van der Waals surface area (Å²) in [6.07, 6.45) is 1.75. The van der Waals surface area contributed by atoms with Crippen LogP contribution in [0.3, 0.4) is 0 Å². The number of carbonyl (C=O) groups is 1. The fourth-order valence-electron chi connectivity index (χ4n) is 3.37. The molecule has 0 saturated heterocycles. The number of carbonyl (C=O) groups excluding carboxylic acids is 1. The van der Waals surface area contributed by atoms with E-state index in [2.05, 4.69) is 4.99 Å². The first-order chi connectivity index (χ1) is 14.0. The highest BCUT2D eigenvalue weighted by atomic mass is 32.1. The summed E-state index contributed by atoms with van der Waals surface area (Å²) in [5.41, 5.74) is 2.24. The van der Waals surface area contributed by atoms with Gasteiger partial charge >= 0.3 is 5.97 Å². The van der Waals surface area contributed by atoms with Gasteiger partial charge in [0.1, 0.15) is 5.75 Å². The lowest BCUT2D eigenvalue weighted by Gasteiger charge is -2.24. The van der Waals surface area contributed by atoms with Crippen LogP contribution in [-0.4, -0.2) is 22.8 Å². The third kappa shape index (κ3) is 3.40. The normalized spacial score (nSPS) is 16.3. The van der Waals surface area contributed by atoms with E-state index < -0.39 is 12.0 Å². The molecule has 29 heavy (non-hydrogen) atoms. The number of rotatable bonds is 3. The van der Waals surface area contributed by atoms with Crippen LogP contribution in [-0.2, 0) is 9.53 Å². The van der Waals surface area contributed by atoms with Crippen molar-refractivity contribution in [2.24, 2.45) is 4.99 Å². The third-order valence-electron chi connectivity index (χ3n) is 4.73. The van der Waals surface area contributed by atoms with Crippen LogP contribution in [0.4, 0.5) is 0 Å². The molecule has 146 valence electrons. The molecule has 0 saturated carbocycles. The number of hydrogen-bond acceptors (Lipinski definition) is 6. The molecule has 0 spiro atoms. The van der Waals surface area contributed by atoms with Crippen molar-refractivity contribution in [3.8, 4) is 5.75 Å². The van der Waals surface area contributed by atoms with E-state index in [4.69, 9.17) is 4.74 Å². The molecule has 2 aromatic carbocycles. The van der Waals surface area contributed by atoms with Gasteiger partial charge < -0.3 is 9.84 Å². The molecular formula is C22H18N2O4S. The minimum absolute atomic E-state index is 0.158. The summed E-state index contributed by atoms with van der Waals surface area (Å²) in [4.78, 5) is 30.9. The van der Waals surface area contributed by atoms with E-state index in [1.54, 1.807) is 41.8 Å². The number of methoxy groups -OCH3 is 1. The summed E-state index contributed by atoms with van der Waals surface area (Å²) in [5, 5.41) is 9.46. The van der Waals surface area contributed by atoms with E-state index in [9.17, 15) is 14.7 Å². The van der Waals surface area contributed by atoms with Gasteiger partial charge in [0.25, 0.3) is 5.56 Å². The quantitative estimate of drug-likeness (QED) is 0.676. The molecule has 1 aliphatic heterocycles. The van der Waals surface area contributed by atoms with Crippen molar-refractivity contribution in [2.75, 3.05) is 7.11 Å². The van der Waals surface area contributed by atoms with Gasteiger partial charge in [0, 0.05) is 0 Å². The Hall–Kier alpha value is -3.45. The summed E-state index contributed by atoms with van der Waals surface area (Å²) in [5.74, 6) is -0.348. The molecule has 0 radical (unpaired) electrons. The number of ether oxygens (including phenoxy) is 1. The standard InChI is InChI=1S/C22H18N2O4S/c1-13-18(21(27)28-2)19(15-6-4-3-5-7-15)24-20(26)17(29-22(24)23-13)12-14-8-10-16(25)11-9-14/h3-12,19,25H,1-2H3/t19-/m1/s1. The Balaban J connectivity index is 1.97. The van der Waals surface area contributed by atoms with Crippen LogP contribution < -0.4 is 14.9 Å². The second-order valence-electron chi connectivity index (χ2n) is 6.58. The van der Waals surface area contributed by atoms with E-state index in [-0.39, 0.29) is 11.3 Å². The fourth-order valence-corrected chi connectivity index (χ4v) is 4.41. The number of fused-ring (bicyclic) bond motifs is 1. The average Bonchev–Trinajstić information content (AvgIpc) is 3.03. The molecular weight excluding hydrogens is 388 g/mol. The molecule has 1 aromatic heterocycles. The largest absolute Gasteiger partial charge is 0.508 e. The predicted octanol–water partition coefficient (Wildman–Crippen LogP) is 2.11. The first-order valence-electron chi connectivity index (χ1n) is 8.94. The van der Waals surface area contributed by atoms with Gasteiger partial charge in [0.05, 0.1) is 29.0 Å². The van der Waals surface area contributed by atoms with Crippen molar-refractivity contribution in [2.45, 2.75) is 13.0 Å². The summed E-state index contributed by atoms with van der Waals surface area (Å²) in [7, 11) is 1.32. The summed E-state index contributed by atoms with van der Waals surface area (Å²) < 4.78 is 7.02. The number of nitrogens with zero attached hydrogens (tertiary/aromatic N) is 2. The molecule has 1 aliphatic rings. The van der Waals surface area contributed by atoms with Crippen LogP contribution in [0.2, 0.25) is 0 Å². The third-order valence-corrected chi connectivity index (χ3v) is 5.72. The molecule has 0 aliphatic carbocycles. The molecule has 3 aromatic rings. The Morgan fingerprint density at radius 3 is 2.52 bits per heavy atom. The van der Waals surface area contributed by atoms with Crippen LogP contribution in [0.15, 0.2) is 75.7 Å². The fraction of sp³-hybridized carbons (Fsp3) is 0.136. The number of aromatic hydroxyl groups is 1. The van der Waals surface area contributed by atoms with Crippen molar-refractivity contribution < 1.29 is 14.6 Å². The maximum atomic E-state index is 13.3. The second kappa shape index (κ2) is 7.52. The van der Waals surface area contributed by atoms with Gasteiger partial charge in [-0.15, -0.1) is 0 Å². The topological polar surface area (TPSA) is 80.9 Å². The molecule has 0 fully saturated rings. The van der Waals surface area contributed by atoms with Crippen molar-refractivity contribution in [1.82, 2.24) is 4.57 Å². The highest BCUT2D eigenvalue weighted by molar-refractivity contribution is 7.07. The van der Waals surface area contributed by atoms with Crippen LogP contribution >= 0.6 is 11.3 Å². The van der Waals surface area contributed by atoms with E-state index in [0.717, 1.165) is 11.1 Å². The second-order valence-corrected chi connectivity index (χ2v) is 7.58. The Kier molecular flexibility index (Phi) is 4.90. The van der Waals surface area contributed by atoms with Crippen molar-refractivity contribution >= 4 is 23.4 Å². The molecule has 0 unspecified atom stereocenters. The van der Waals surface area contributed by atoms with Crippen LogP contribution in [0.25, 0.3) is 6.08 Å². The molecule has 0 bridgehead atoms. The number of phenolic OH excluding ortho intramolecular Hbond substituents is 1. The lowest BCUT2D eigenvalue weighted by Crippen LogP contribution is -2.39. The van der Waals surface area contributed by atoms with Gasteiger partial charge in [-0.25, -0.2) is 9.79 Å². The first-order valence-corrected chi connectivity index (χ1v) is 9.76. The maximum Gasteiger partial charge on any atom is 0.338 e. The Bertz CT molecular complexity index is 1290. The highest BCUT2D eigenvalue weighted by Crippen LogP contribution is 2.30. The van der Waals surface area contributed by atoms with Crippen molar-refractivity contribution in [3.63, 3.8) is 0 Å². The highest BCUT2D eigenvalue weighted by Gasteiger charge is 2.32. The van der Waals surface area contributed by atoms with Gasteiger partial charge in [-0.05, 0) is 36.3 Å². The SMILES string of the molecule is COC(=O)C1=C(C)N=c2sc(=Cc3ccc(O)cc3)c(=O)n2[C@@H]1c1ccccc1. The van der Waals surface area contributed by atoms with E-state index in [1.165, 1.54) is 18.4 Å². The number of phenols is 1. The molecule has 6 nitrogen and oxygen atoms in total. The molecule has 1 atom stereocenters. The van der Waals surface area contributed by atoms with E-state index in [1.807, 2.05) is 30.3 Å². The van der Waals surface area contributed by atoms with Gasteiger partial charge in [-0.2, -0.15) is 0 Å². The zero-order chi connectivity index (χ0) is 20.5. The number of esters is 1. The molecule has 4 rings (SSSR count).